The molecule has 0 unspecified atom stereocenters. The molecule has 0 heterocycles. The smallest absolute Gasteiger partial charge is 0.170 e. The summed E-state index contributed by atoms with van der Waals surface area (Å²) in [5.74, 6) is 0. The zero-order chi connectivity index (χ0) is 11.0. The highest BCUT2D eigenvalue weighted by Gasteiger charge is 2.69. The monoisotopic (exact) mass is 208 g/mol. The van der Waals surface area contributed by atoms with Crippen molar-refractivity contribution in [1.82, 2.24) is 0 Å². The molecule has 0 atom stereocenters. The van der Waals surface area contributed by atoms with Gasteiger partial charge in [0.1, 0.15) is 0 Å². The molecule has 1 fully saturated rings. The fraction of sp³-hybridized carbons (Fsp3) is 1.00. The maximum Gasteiger partial charge on any atom is 0.395 e. The van der Waals surface area contributed by atoms with Crippen LogP contribution in [-0.4, -0.2) is 6.18 Å². The molecule has 0 aromatic rings. The van der Waals surface area contributed by atoms with Crippen molar-refractivity contribution in [1.29, 1.82) is 0 Å². The summed E-state index contributed by atoms with van der Waals surface area (Å²) >= 11 is 0. The van der Waals surface area contributed by atoms with Crippen LogP contribution < -0.4 is 0 Å². The van der Waals surface area contributed by atoms with E-state index in [1.807, 2.05) is 6.92 Å². The normalized spacial score (nSPS) is 21.0. The molecule has 0 nitrogen and oxygen atoms in total. The Kier molecular flexibility index (Phi) is 2.90. The molecule has 0 radical (unpaired) electrons. The van der Waals surface area contributed by atoms with E-state index in [-0.39, 0.29) is 0 Å². The second-order valence-corrected chi connectivity index (χ2v) is 5.07. The van der Waals surface area contributed by atoms with Crippen molar-refractivity contribution in [3.63, 3.8) is 0 Å². The molecule has 84 valence electrons. The molecule has 0 aromatic carbocycles. The average molecular weight is 208 g/mol. The van der Waals surface area contributed by atoms with Gasteiger partial charge in [-0.15, -0.1) is 0 Å². The van der Waals surface area contributed by atoms with Gasteiger partial charge in [0, 0.05) is 0 Å². The van der Waals surface area contributed by atoms with Crippen molar-refractivity contribution in [3.8, 4) is 0 Å². The summed E-state index contributed by atoms with van der Waals surface area (Å²) in [6, 6.07) is 0. The molecule has 0 aromatic heterocycles. The van der Waals surface area contributed by atoms with Crippen LogP contribution in [0.1, 0.15) is 52.9 Å². The van der Waals surface area contributed by atoms with Crippen molar-refractivity contribution in [2.75, 3.05) is 0 Å². The molecule has 1 rings (SSSR count). The van der Waals surface area contributed by atoms with E-state index < -0.39 is 17.0 Å². The Morgan fingerprint density at radius 2 is 1.64 bits per heavy atom. The Labute approximate surface area is 83.9 Å². The molecule has 0 bridgehead atoms. The van der Waals surface area contributed by atoms with Crippen molar-refractivity contribution < 1.29 is 13.2 Å². The van der Waals surface area contributed by atoms with Gasteiger partial charge in [0.05, 0.1) is 5.41 Å². The van der Waals surface area contributed by atoms with Gasteiger partial charge in [0.25, 0.3) is 0 Å². The van der Waals surface area contributed by atoms with Crippen LogP contribution in [0.5, 0.6) is 0 Å². The molecule has 3 heteroatoms. The van der Waals surface area contributed by atoms with Crippen LogP contribution in [0.4, 0.5) is 13.2 Å². The van der Waals surface area contributed by atoms with E-state index in [2.05, 4.69) is 0 Å². The van der Waals surface area contributed by atoms with E-state index in [1.165, 1.54) is 0 Å². The maximum absolute atomic E-state index is 12.8. The minimum atomic E-state index is -4.01. The third-order valence-electron chi connectivity index (χ3n) is 3.74. The lowest BCUT2D eigenvalue weighted by Gasteiger charge is -2.36. The van der Waals surface area contributed by atoms with Crippen LogP contribution in [-0.2, 0) is 0 Å². The highest BCUT2D eigenvalue weighted by molar-refractivity contribution is 5.07. The van der Waals surface area contributed by atoms with Gasteiger partial charge in [0.2, 0.25) is 0 Å². The topological polar surface area (TPSA) is 0 Å². The molecular formula is C11H19F3. The molecule has 1 aliphatic rings. The SMILES string of the molecule is CCCCC(C)(C)C1(C(F)(F)F)CC1. The largest absolute Gasteiger partial charge is 0.395 e. The zero-order valence-corrected chi connectivity index (χ0v) is 9.17. The van der Waals surface area contributed by atoms with Gasteiger partial charge in [-0.2, -0.15) is 13.2 Å². The van der Waals surface area contributed by atoms with Gasteiger partial charge < -0.3 is 0 Å². The molecule has 0 amide bonds. The minimum Gasteiger partial charge on any atom is -0.170 e. The van der Waals surface area contributed by atoms with Gasteiger partial charge in [-0.3, -0.25) is 0 Å². The van der Waals surface area contributed by atoms with Gasteiger partial charge in [0.15, 0.2) is 0 Å². The molecule has 1 aliphatic carbocycles. The molecule has 14 heavy (non-hydrogen) atoms. The van der Waals surface area contributed by atoms with E-state index in [9.17, 15) is 13.2 Å². The summed E-state index contributed by atoms with van der Waals surface area (Å²) in [4.78, 5) is 0. The average Bonchev–Trinajstić information content (AvgIpc) is 2.78. The van der Waals surface area contributed by atoms with Gasteiger partial charge >= 0.3 is 6.18 Å². The molecule has 0 aliphatic heterocycles. The predicted octanol–water partition coefficient (Wildman–Crippen LogP) is 4.55. The van der Waals surface area contributed by atoms with E-state index >= 15 is 0 Å². The summed E-state index contributed by atoms with van der Waals surface area (Å²) in [6.45, 7) is 5.55. The first-order chi connectivity index (χ1) is 6.27. The van der Waals surface area contributed by atoms with Gasteiger partial charge in [-0.05, 0) is 24.7 Å². The van der Waals surface area contributed by atoms with Crippen LogP contribution >= 0.6 is 0 Å². The molecule has 0 N–H and O–H groups in total. The first-order valence-electron chi connectivity index (χ1n) is 5.33. The standard InChI is InChI=1S/C11H19F3/c1-4-5-6-9(2,3)10(7-8-10)11(12,13)14/h4-8H2,1-3H3. The highest BCUT2D eigenvalue weighted by Crippen LogP contribution is 2.68. The van der Waals surface area contributed by atoms with Gasteiger partial charge in [-0.25, -0.2) is 0 Å². The summed E-state index contributed by atoms with van der Waals surface area (Å²) < 4.78 is 38.5. The summed E-state index contributed by atoms with van der Waals surface area (Å²) in [7, 11) is 0. The number of hydrogen-bond acceptors (Lipinski definition) is 0. The lowest BCUT2D eigenvalue weighted by Crippen LogP contribution is -2.38. The summed E-state index contributed by atoms with van der Waals surface area (Å²) in [5.41, 5.74) is -1.95. The second kappa shape index (κ2) is 3.42. The lowest BCUT2D eigenvalue weighted by molar-refractivity contribution is -0.219. The number of unbranched alkanes of at least 4 members (excludes halogenated alkanes) is 1. The second-order valence-electron chi connectivity index (χ2n) is 5.07. The number of rotatable bonds is 4. The van der Waals surface area contributed by atoms with Gasteiger partial charge in [-0.1, -0.05) is 33.6 Å². The van der Waals surface area contributed by atoms with Crippen molar-refractivity contribution in [2.45, 2.75) is 59.1 Å². The fourth-order valence-corrected chi connectivity index (χ4v) is 2.33. The summed E-state index contributed by atoms with van der Waals surface area (Å²) in [6.07, 6.45) is -0.810. The lowest BCUT2D eigenvalue weighted by atomic mass is 9.72. The maximum atomic E-state index is 12.8. The van der Waals surface area contributed by atoms with Crippen LogP contribution in [0.25, 0.3) is 0 Å². The van der Waals surface area contributed by atoms with Crippen LogP contribution in [0.15, 0.2) is 0 Å². The Balaban J connectivity index is 2.71. The Bertz CT molecular complexity index is 199. The molecule has 0 spiro atoms. The molecular weight excluding hydrogens is 189 g/mol. The van der Waals surface area contributed by atoms with Crippen LogP contribution in [0.3, 0.4) is 0 Å². The van der Waals surface area contributed by atoms with Crippen molar-refractivity contribution >= 4 is 0 Å². The Morgan fingerprint density at radius 1 is 1.14 bits per heavy atom. The summed E-state index contributed by atoms with van der Waals surface area (Å²) in [5, 5.41) is 0. The third kappa shape index (κ3) is 1.78. The molecule has 0 saturated heterocycles. The number of hydrogen-bond donors (Lipinski definition) is 0. The van der Waals surface area contributed by atoms with Crippen LogP contribution in [0.2, 0.25) is 0 Å². The van der Waals surface area contributed by atoms with Crippen molar-refractivity contribution in [2.24, 2.45) is 10.8 Å². The van der Waals surface area contributed by atoms with E-state index in [0.717, 1.165) is 12.8 Å². The zero-order valence-electron chi connectivity index (χ0n) is 9.17. The number of alkyl halides is 3. The Morgan fingerprint density at radius 3 is 1.93 bits per heavy atom. The first-order valence-corrected chi connectivity index (χ1v) is 5.33. The Hall–Kier alpha value is -0.210. The predicted molar refractivity (Wildman–Crippen MR) is 51.0 cm³/mol. The van der Waals surface area contributed by atoms with Crippen molar-refractivity contribution in [3.05, 3.63) is 0 Å². The van der Waals surface area contributed by atoms with Crippen LogP contribution in [0, 0.1) is 10.8 Å². The third-order valence-corrected chi connectivity index (χ3v) is 3.74. The number of halogens is 3. The van der Waals surface area contributed by atoms with E-state index in [4.69, 9.17) is 0 Å². The highest BCUT2D eigenvalue weighted by atomic mass is 19.4. The quantitative estimate of drug-likeness (QED) is 0.636. The van der Waals surface area contributed by atoms with E-state index in [0.29, 0.717) is 19.3 Å². The minimum absolute atomic E-state index is 0.327. The fourth-order valence-electron chi connectivity index (χ4n) is 2.33. The van der Waals surface area contributed by atoms with E-state index in [1.54, 1.807) is 13.8 Å². The molecule has 1 saturated carbocycles. The first kappa shape index (κ1) is 11.9.